The minimum absolute atomic E-state index is 0.0310. The highest BCUT2D eigenvalue weighted by molar-refractivity contribution is 5.96. The zero-order chi connectivity index (χ0) is 44.8. The molecule has 3 aromatic carbocycles. The molecule has 0 saturated heterocycles. The van der Waals surface area contributed by atoms with Crippen LogP contribution in [0, 0.1) is 16.7 Å². The van der Waals surface area contributed by atoms with E-state index in [1.54, 1.807) is 107 Å². The Bertz CT molecular complexity index is 2330. The van der Waals surface area contributed by atoms with Crippen molar-refractivity contribution >= 4 is 29.6 Å². The lowest BCUT2D eigenvalue weighted by Crippen LogP contribution is -2.75. The van der Waals surface area contributed by atoms with E-state index in [-0.39, 0.29) is 28.9 Å². The molecule has 0 radical (unpaired) electrons. The molecular formula is C48H51NO13. The zero-order valence-electron chi connectivity index (χ0n) is 35.3. The molecule has 1 fully saturated rings. The van der Waals surface area contributed by atoms with Gasteiger partial charge < -0.3 is 44.3 Å². The molecule has 1 spiro atoms. The number of aliphatic hydroxyl groups is 3. The summed E-state index contributed by atoms with van der Waals surface area (Å²) in [7, 11) is 0. The molecule has 326 valence electrons. The summed E-state index contributed by atoms with van der Waals surface area (Å²) in [6.07, 6.45) is -4.87. The van der Waals surface area contributed by atoms with Gasteiger partial charge in [0.05, 0.1) is 29.0 Å². The van der Waals surface area contributed by atoms with Crippen molar-refractivity contribution in [3.63, 3.8) is 0 Å². The van der Waals surface area contributed by atoms with Crippen LogP contribution in [0.4, 0.5) is 0 Å². The van der Waals surface area contributed by atoms with Gasteiger partial charge in [0.2, 0.25) is 0 Å². The number of fused-ring (bicyclic) bond motifs is 4. The number of carbonyl (C=O) groups is 5. The van der Waals surface area contributed by atoms with Crippen molar-refractivity contribution < 1.29 is 63.0 Å². The Morgan fingerprint density at radius 2 is 1.45 bits per heavy atom. The van der Waals surface area contributed by atoms with Gasteiger partial charge in [-0.25, -0.2) is 9.59 Å². The molecule has 2 bridgehead atoms. The Morgan fingerprint density at radius 1 is 0.855 bits per heavy atom. The quantitative estimate of drug-likeness (QED) is 0.129. The highest BCUT2D eigenvalue weighted by Crippen LogP contribution is 2.62. The van der Waals surface area contributed by atoms with Crippen LogP contribution >= 0.6 is 0 Å². The van der Waals surface area contributed by atoms with Gasteiger partial charge in [0.25, 0.3) is 5.91 Å². The van der Waals surface area contributed by atoms with Crippen molar-refractivity contribution in [1.82, 2.24) is 5.32 Å². The summed E-state index contributed by atoms with van der Waals surface area (Å²) in [6, 6.07) is 23.2. The number of hydrogen-bond donors (Lipinski definition) is 4. The zero-order valence-corrected chi connectivity index (χ0v) is 35.3. The van der Waals surface area contributed by atoms with Crippen LogP contribution in [0.2, 0.25) is 0 Å². The molecule has 3 aliphatic carbocycles. The highest BCUT2D eigenvalue weighted by Gasteiger charge is 2.73. The molecule has 62 heavy (non-hydrogen) atoms. The van der Waals surface area contributed by atoms with Gasteiger partial charge in [-0.3, -0.25) is 14.4 Å². The van der Waals surface area contributed by atoms with E-state index in [4.69, 9.17) is 23.7 Å². The van der Waals surface area contributed by atoms with Gasteiger partial charge in [-0.15, -0.1) is 0 Å². The molecule has 1 heterocycles. The number of esters is 3. The first-order chi connectivity index (χ1) is 29.4. The fraction of sp³-hybridized carbons (Fsp3) is 0.396. The predicted molar refractivity (Wildman–Crippen MR) is 222 cm³/mol. The Kier molecular flexibility index (Phi) is 11.8. The molecule has 1 aliphatic heterocycles. The fourth-order valence-electron chi connectivity index (χ4n) is 9.64. The van der Waals surface area contributed by atoms with Crippen LogP contribution in [0.3, 0.4) is 0 Å². The maximum Gasteiger partial charge on any atom is 0.338 e. The largest absolute Gasteiger partial charge is 0.490 e. The van der Waals surface area contributed by atoms with Gasteiger partial charge >= 0.3 is 17.9 Å². The summed E-state index contributed by atoms with van der Waals surface area (Å²) in [5.41, 5.74) is -6.64. The normalized spacial score (nSPS) is 30.8. The smallest absolute Gasteiger partial charge is 0.338 e. The second-order valence-corrected chi connectivity index (χ2v) is 17.1. The van der Waals surface area contributed by atoms with Gasteiger partial charge in [0.1, 0.15) is 36.4 Å². The molecule has 0 unspecified atom stereocenters. The van der Waals surface area contributed by atoms with E-state index in [2.05, 4.69) is 5.32 Å². The number of Topliss-reactive ketones (excluding diaryl/α,β-unsaturated/α-hetero) is 1. The molecule has 4 N–H and O–H groups in total. The maximum atomic E-state index is 15.5. The first-order valence-corrected chi connectivity index (χ1v) is 20.4. The third-order valence-corrected chi connectivity index (χ3v) is 13.1. The predicted octanol–water partition coefficient (Wildman–Crippen LogP) is 4.85. The first kappa shape index (κ1) is 44.0. The SMILES string of the molecule is CC(=O)O[C@H]1C(=O)[C@]2(C)[C@@H](O)C=C[C@@]3(COC(C)=CO3)[C@H]2[C@H](OC(=O)c2ccccc2)[C@]2(O)C[C@H](OC(=O)[C@H](O)[C@@H](NC(=O)c3ccccc3)c3ccccc3)C(C)=C1C2(C)C. The number of nitrogens with one attached hydrogen (secondary N) is 1. The average Bonchev–Trinajstić information content (AvgIpc) is 3.26. The molecule has 1 saturated carbocycles. The maximum absolute atomic E-state index is 15.5. The van der Waals surface area contributed by atoms with Gasteiger partial charge in [0.15, 0.2) is 23.6 Å². The van der Waals surface area contributed by atoms with E-state index in [1.165, 1.54) is 37.5 Å². The molecule has 7 rings (SSSR count). The van der Waals surface area contributed by atoms with Crippen molar-refractivity contribution in [3.05, 3.63) is 143 Å². The molecule has 14 nitrogen and oxygen atoms in total. The molecule has 3 aromatic rings. The van der Waals surface area contributed by atoms with Crippen molar-refractivity contribution in [2.45, 2.75) is 95.7 Å². The van der Waals surface area contributed by atoms with Crippen LogP contribution in [-0.2, 0) is 38.1 Å². The summed E-state index contributed by atoms with van der Waals surface area (Å²) in [5, 5.41) is 40.2. The summed E-state index contributed by atoms with van der Waals surface area (Å²) in [6.45, 7) is 8.71. The van der Waals surface area contributed by atoms with Crippen molar-refractivity contribution in [2.24, 2.45) is 16.7 Å². The number of aliphatic hydroxyl groups excluding tert-OH is 2. The second kappa shape index (κ2) is 16.6. The van der Waals surface area contributed by atoms with Gasteiger partial charge in [0, 0.05) is 24.3 Å². The molecular weight excluding hydrogens is 799 g/mol. The second-order valence-electron chi connectivity index (χ2n) is 17.1. The number of carbonyl (C=O) groups excluding carboxylic acids is 5. The summed E-state index contributed by atoms with van der Waals surface area (Å²) in [5.74, 6) is -5.41. The minimum atomic E-state index is -2.33. The van der Waals surface area contributed by atoms with E-state index in [0.29, 0.717) is 11.3 Å². The Balaban J connectivity index is 1.39. The van der Waals surface area contributed by atoms with E-state index in [9.17, 15) is 34.5 Å². The molecule has 1 amide bonds. The summed E-state index contributed by atoms with van der Waals surface area (Å²) >= 11 is 0. The third-order valence-electron chi connectivity index (χ3n) is 13.1. The summed E-state index contributed by atoms with van der Waals surface area (Å²) in [4.78, 5) is 70.6. The van der Waals surface area contributed by atoms with Crippen molar-refractivity contribution in [3.8, 4) is 0 Å². The van der Waals surface area contributed by atoms with Crippen LogP contribution in [0.5, 0.6) is 0 Å². The lowest BCUT2D eigenvalue weighted by Gasteiger charge is -2.63. The minimum Gasteiger partial charge on any atom is -0.490 e. The lowest BCUT2D eigenvalue weighted by atomic mass is 9.47. The Morgan fingerprint density at radius 3 is 2.03 bits per heavy atom. The van der Waals surface area contributed by atoms with Crippen molar-refractivity contribution in [2.75, 3.05) is 6.61 Å². The van der Waals surface area contributed by atoms with Gasteiger partial charge in [-0.05, 0) is 67.8 Å². The lowest BCUT2D eigenvalue weighted by molar-refractivity contribution is -0.248. The fourth-order valence-corrected chi connectivity index (χ4v) is 9.64. The monoisotopic (exact) mass is 849 g/mol. The summed E-state index contributed by atoms with van der Waals surface area (Å²) < 4.78 is 30.9. The number of ketones is 1. The molecule has 0 aromatic heterocycles. The van der Waals surface area contributed by atoms with Crippen LogP contribution in [0.1, 0.15) is 80.3 Å². The standard InChI is InChI=1S/C48H51NO13/c1-27-25-59-47(26-58-27)23-22-34(51)46(6)39(47)41(62-43(55)32-20-14-9-15-21-32)48(57)24-33(28(2)35(45(48,4)5)38(40(46)53)60-29(3)50)61-44(56)37(52)36(30-16-10-7-11-17-30)49-42(54)31-18-12-8-13-19-31/h7-23,25,33-34,36-39,41,51-52,57H,24,26H2,1-6H3,(H,49,54)/t33-,34-,36-,37+,38+,39-,41-,46+,47+,48+/m0/s1. The molecule has 14 heteroatoms. The number of hydrogen-bond acceptors (Lipinski definition) is 13. The molecule has 10 atom stereocenters. The van der Waals surface area contributed by atoms with E-state index in [0.717, 1.165) is 6.92 Å². The van der Waals surface area contributed by atoms with Crippen LogP contribution in [0.25, 0.3) is 0 Å². The number of amides is 1. The van der Waals surface area contributed by atoms with Crippen LogP contribution in [0.15, 0.2) is 126 Å². The number of rotatable bonds is 9. The Hall–Kier alpha value is -6.09. The number of benzene rings is 3. The van der Waals surface area contributed by atoms with Crippen LogP contribution < -0.4 is 5.32 Å². The van der Waals surface area contributed by atoms with E-state index < -0.39 is 101 Å². The van der Waals surface area contributed by atoms with Crippen LogP contribution in [-0.4, -0.2) is 93.2 Å². The topological polar surface area (TPSA) is 204 Å². The highest BCUT2D eigenvalue weighted by atomic mass is 16.6. The Labute approximate surface area is 359 Å². The van der Waals surface area contributed by atoms with E-state index >= 15 is 4.79 Å². The number of ether oxygens (including phenoxy) is 5. The number of allylic oxidation sites excluding steroid dienone is 1. The van der Waals surface area contributed by atoms with Gasteiger partial charge in [-0.1, -0.05) is 86.7 Å². The molecule has 4 aliphatic rings. The average molecular weight is 850 g/mol. The van der Waals surface area contributed by atoms with E-state index in [1.807, 2.05) is 0 Å². The third kappa shape index (κ3) is 7.49. The first-order valence-electron chi connectivity index (χ1n) is 20.4. The van der Waals surface area contributed by atoms with Crippen molar-refractivity contribution in [1.29, 1.82) is 0 Å². The van der Waals surface area contributed by atoms with Gasteiger partial charge in [-0.2, -0.15) is 0 Å².